The van der Waals surface area contributed by atoms with Gasteiger partial charge in [0.1, 0.15) is 0 Å². The third-order valence-corrected chi connectivity index (χ3v) is 6.80. The molecule has 2 aromatic heterocycles. The quantitative estimate of drug-likeness (QED) is 0.653. The Morgan fingerprint density at radius 3 is 2.72 bits per heavy atom. The molecular weight excluding hydrogens is 384 g/mol. The number of piperidine rings is 1. The van der Waals surface area contributed by atoms with Gasteiger partial charge in [-0.2, -0.15) is 5.10 Å². The molecule has 2 atom stereocenters. The molecule has 1 aliphatic heterocycles. The van der Waals surface area contributed by atoms with E-state index >= 15 is 0 Å². The normalized spacial score (nSPS) is 22.2. The van der Waals surface area contributed by atoms with Crippen LogP contribution in [0.3, 0.4) is 0 Å². The Morgan fingerprint density at radius 2 is 1.93 bits per heavy atom. The van der Waals surface area contributed by atoms with Crippen LogP contribution in [0.5, 0.6) is 0 Å². The van der Waals surface area contributed by atoms with E-state index in [0.29, 0.717) is 5.02 Å². The summed E-state index contributed by atoms with van der Waals surface area (Å²) in [5.74, 6) is 3.46. The Labute approximate surface area is 176 Å². The van der Waals surface area contributed by atoms with E-state index in [1.54, 1.807) is 12.4 Å². The Hall–Kier alpha value is -2.34. The molecule has 1 aromatic carbocycles. The SMILES string of the molecule is Cn1ncc2cc(NCCC3CC3C3CCN(c4ncc(Cl)cn4)CC3)ccc21. The van der Waals surface area contributed by atoms with Crippen molar-refractivity contribution >= 4 is 34.1 Å². The Balaban J connectivity index is 1.06. The van der Waals surface area contributed by atoms with Gasteiger partial charge in [-0.1, -0.05) is 11.6 Å². The number of halogens is 1. The number of hydrogen-bond donors (Lipinski definition) is 1. The topological polar surface area (TPSA) is 58.9 Å². The number of anilines is 2. The van der Waals surface area contributed by atoms with Crippen molar-refractivity contribution in [2.45, 2.75) is 25.7 Å². The maximum atomic E-state index is 5.89. The summed E-state index contributed by atoms with van der Waals surface area (Å²) in [7, 11) is 1.98. The van der Waals surface area contributed by atoms with Crippen molar-refractivity contribution in [3.63, 3.8) is 0 Å². The molecule has 5 rings (SSSR count). The van der Waals surface area contributed by atoms with Crippen LogP contribution in [-0.4, -0.2) is 39.4 Å². The lowest BCUT2D eigenvalue weighted by Gasteiger charge is -2.32. The average molecular weight is 411 g/mol. The van der Waals surface area contributed by atoms with Crippen molar-refractivity contribution in [2.24, 2.45) is 24.8 Å². The third-order valence-electron chi connectivity index (χ3n) is 6.60. The van der Waals surface area contributed by atoms with E-state index in [1.165, 1.54) is 42.3 Å². The van der Waals surface area contributed by atoms with Gasteiger partial charge in [-0.25, -0.2) is 9.97 Å². The number of rotatable bonds is 6. The lowest BCUT2D eigenvalue weighted by molar-refractivity contribution is 0.343. The summed E-state index contributed by atoms with van der Waals surface area (Å²) >= 11 is 5.89. The molecule has 1 saturated heterocycles. The number of aromatic nitrogens is 4. The molecule has 0 radical (unpaired) electrons. The predicted octanol–water partition coefficient (Wildman–Crippen LogP) is 4.37. The Morgan fingerprint density at radius 1 is 1.14 bits per heavy atom. The number of nitrogens with one attached hydrogen (secondary N) is 1. The second-order valence-electron chi connectivity index (χ2n) is 8.44. The van der Waals surface area contributed by atoms with E-state index in [-0.39, 0.29) is 0 Å². The van der Waals surface area contributed by atoms with Gasteiger partial charge >= 0.3 is 0 Å². The number of aryl methyl sites for hydroxylation is 1. The first-order chi connectivity index (χ1) is 14.2. The van der Waals surface area contributed by atoms with E-state index < -0.39 is 0 Å². The third kappa shape index (κ3) is 4.04. The Bertz CT molecular complexity index is 977. The van der Waals surface area contributed by atoms with Crippen molar-refractivity contribution in [3.05, 3.63) is 41.8 Å². The fourth-order valence-corrected chi connectivity index (χ4v) is 4.95. The van der Waals surface area contributed by atoms with Crippen molar-refractivity contribution in [3.8, 4) is 0 Å². The molecule has 1 saturated carbocycles. The monoisotopic (exact) mass is 410 g/mol. The molecule has 0 amide bonds. The number of hydrogen-bond acceptors (Lipinski definition) is 5. The maximum absolute atomic E-state index is 5.89. The van der Waals surface area contributed by atoms with Crippen molar-refractivity contribution in [2.75, 3.05) is 29.9 Å². The molecule has 0 spiro atoms. The highest BCUT2D eigenvalue weighted by molar-refractivity contribution is 6.30. The second-order valence-corrected chi connectivity index (χ2v) is 8.88. The van der Waals surface area contributed by atoms with Crippen molar-refractivity contribution < 1.29 is 0 Å². The lowest BCUT2D eigenvalue weighted by Crippen LogP contribution is -2.35. The van der Waals surface area contributed by atoms with Crippen molar-refractivity contribution in [1.82, 2.24) is 19.7 Å². The molecule has 3 aromatic rings. The van der Waals surface area contributed by atoms with Gasteiger partial charge in [0.15, 0.2) is 0 Å². The van der Waals surface area contributed by atoms with Crippen LogP contribution >= 0.6 is 11.6 Å². The minimum absolute atomic E-state index is 0.596. The van der Waals surface area contributed by atoms with Crippen LogP contribution in [0.1, 0.15) is 25.7 Å². The molecule has 1 aliphatic carbocycles. The highest BCUT2D eigenvalue weighted by Crippen LogP contribution is 2.49. The minimum Gasteiger partial charge on any atom is -0.385 e. The first-order valence-electron chi connectivity index (χ1n) is 10.6. The molecule has 152 valence electrons. The minimum atomic E-state index is 0.596. The van der Waals surface area contributed by atoms with Crippen LogP contribution in [0.25, 0.3) is 10.9 Å². The van der Waals surface area contributed by atoms with Crippen LogP contribution in [0.4, 0.5) is 11.6 Å². The Kier molecular flexibility index (Phi) is 5.04. The van der Waals surface area contributed by atoms with Gasteiger partial charge < -0.3 is 10.2 Å². The fraction of sp³-hybridized carbons (Fsp3) is 0.500. The van der Waals surface area contributed by atoms with Crippen LogP contribution in [0.15, 0.2) is 36.8 Å². The predicted molar refractivity (Wildman–Crippen MR) is 117 cm³/mol. The standard InChI is InChI=1S/C22H27ClN6/c1-28-21-3-2-19(10-17(21)12-27-28)24-7-4-16-11-20(16)15-5-8-29(9-6-15)22-25-13-18(23)14-26-22/h2-3,10,12-16,20,24H,4-9,11H2,1H3. The molecule has 2 unspecified atom stereocenters. The van der Waals surface area contributed by atoms with Crippen LogP contribution in [0, 0.1) is 17.8 Å². The highest BCUT2D eigenvalue weighted by Gasteiger charge is 2.43. The molecule has 29 heavy (non-hydrogen) atoms. The van der Waals surface area contributed by atoms with E-state index in [4.69, 9.17) is 11.6 Å². The molecule has 2 aliphatic rings. The van der Waals surface area contributed by atoms with Crippen molar-refractivity contribution in [1.29, 1.82) is 0 Å². The van der Waals surface area contributed by atoms with Gasteiger partial charge in [0.25, 0.3) is 0 Å². The van der Waals surface area contributed by atoms with E-state index in [9.17, 15) is 0 Å². The van der Waals surface area contributed by atoms with E-state index in [2.05, 4.69) is 43.5 Å². The molecular formula is C22H27ClN6. The van der Waals surface area contributed by atoms with Crippen LogP contribution < -0.4 is 10.2 Å². The van der Waals surface area contributed by atoms with Crippen LogP contribution in [0.2, 0.25) is 5.02 Å². The van der Waals surface area contributed by atoms with Gasteiger partial charge in [0, 0.05) is 37.8 Å². The first-order valence-corrected chi connectivity index (χ1v) is 10.9. The maximum Gasteiger partial charge on any atom is 0.225 e. The highest BCUT2D eigenvalue weighted by atomic mass is 35.5. The summed E-state index contributed by atoms with van der Waals surface area (Å²) in [6.07, 6.45) is 10.5. The first kappa shape index (κ1) is 18.7. The van der Waals surface area contributed by atoms with Gasteiger partial charge in [-0.15, -0.1) is 0 Å². The molecule has 3 heterocycles. The smallest absolute Gasteiger partial charge is 0.225 e. The average Bonchev–Trinajstić information content (AvgIpc) is 3.43. The second kappa shape index (κ2) is 7.82. The molecule has 7 heteroatoms. The molecule has 1 N–H and O–H groups in total. The van der Waals surface area contributed by atoms with Gasteiger partial charge in [0.05, 0.1) is 29.1 Å². The summed E-state index contributed by atoms with van der Waals surface area (Å²) in [4.78, 5) is 11.0. The zero-order valence-electron chi connectivity index (χ0n) is 16.8. The van der Waals surface area contributed by atoms with Gasteiger partial charge in [-0.05, 0) is 61.6 Å². The molecule has 6 nitrogen and oxygen atoms in total. The number of benzene rings is 1. The zero-order valence-corrected chi connectivity index (χ0v) is 17.5. The number of nitrogens with zero attached hydrogens (tertiary/aromatic N) is 5. The van der Waals surface area contributed by atoms with Gasteiger partial charge in [-0.3, -0.25) is 4.68 Å². The summed E-state index contributed by atoms with van der Waals surface area (Å²) in [5.41, 5.74) is 2.37. The van der Waals surface area contributed by atoms with E-state index in [1.807, 2.05) is 17.9 Å². The lowest BCUT2D eigenvalue weighted by atomic mass is 9.90. The van der Waals surface area contributed by atoms with Gasteiger partial charge in [0.2, 0.25) is 5.95 Å². The summed E-state index contributed by atoms with van der Waals surface area (Å²) < 4.78 is 1.91. The largest absolute Gasteiger partial charge is 0.385 e. The van der Waals surface area contributed by atoms with E-state index in [0.717, 1.165) is 43.3 Å². The zero-order chi connectivity index (χ0) is 19.8. The fourth-order valence-electron chi connectivity index (χ4n) is 4.85. The molecule has 0 bridgehead atoms. The molecule has 2 fully saturated rings. The summed E-state index contributed by atoms with van der Waals surface area (Å²) in [6.45, 7) is 3.15. The summed E-state index contributed by atoms with van der Waals surface area (Å²) in [6, 6.07) is 6.49. The summed E-state index contributed by atoms with van der Waals surface area (Å²) in [5, 5.41) is 9.71. The number of fused-ring (bicyclic) bond motifs is 1. The van der Waals surface area contributed by atoms with Crippen LogP contribution in [-0.2, 0) is 7.05 Å².